The molecule has 0 saturated heterocycles. The van der Waals surface area contributed by atoms with Gasteiger partial charge < -0.3 is 9.47 Å². The van der Waals surface area contributed by atoms with E-state index in [-0.39, 0.29) is 5.75 Å². The van der Waals surface area contributed by atoms with E-state index in [0.29, 0.717) is 11.1 Å². The Labute approximate surface area is 126 Å². The monoisotopic (exact) mass is 300 g/mol. The van der Waals surface area contributed by atoms with Gasteiger partial charge in [-0.15, -0.1) is 0 Å². The van der Waals surface area contributed by atoms with Gasteiger partial charge in [0, 0.05) is 6.08 Å². The number of hydrogen-bond donors (Lipinski definition) is 0. The van der Waals surface area contributed by atoms with Crippen LogP contribution in [-0.2, 0) is 9.53 Å². The van der Waals surface area contributed by atoms with Gasteiger partial charge in [0.1, 0.15) is 0 Å². The Bertz CT molecular complexity index is 705. The van der Waals surface area contributed by atoms with Crippen LogP contribution in [0, 0.1) is 5.82 Å². The molecule has 0 aliphatic rings. The van der Waals surface area contributed by atoms with Crippen molar-refractivity contribution in [3.8, 4) is 5.75 Å². The largest absolute Gasteiger partial charge is 0.465 e. The highest BCUT2D eigenvalue weighted by molar-refractivity contribution is 5.90. The van der Waals surface area contributed by atoms with Gasteiger partial charge in [0.05, 0.1) is 12.7 Å². The lowest BCUT2D eigenvalue weighted by molar-refractivity contribution is -0.129. The van der Waals surface area contributed by atoms with Crippen LogP contribution in [0.2, 0.25) is 0 Å². The van der Waals surface area contributed by atoms with Gasteiger partial charge in [0.2, 0.25) is 0 Å². The molecule has 0 aromatic heterocycles. The van der Waals surface area contributed by atoms with Crippen LogP contribution in [0.4, 0.5) is 4.39 Å². The quantitative estimate of drug-likeness (QED) is 0.494. The van der Waals surface area contributed by atoms with Gasteiger partial charge in [-0.1, -0.05) is 24.3 Å². The number of hydrogen-bond acceptors (Lipinski definition) is 4. The Morgan fingerprint density at radius 2 is 1.73 bits per heavy atom. The van der Waals surface area contributed by atoms with E-state index in [1.165, 1.54) is 37.5 Å². The minimum atomic E-state index is -0.692. The number of benzene rings is 2. The van der Waals surface area contributed by atoms with Gasteiger partial charge in [-0.3, -0.25) is 0 Å². The van der Waals surface area contributed by atoms with Crippen molar-refractivity contribution >= 4 is 18.0 Å². The lowest BCUT2D eigenvalue weighted by Crippen LogP contribution is -2.05. The van der Waals surface area contributed by atoms with Crippen molar-refractivity contribution in [3.63, 3.8) is 0 Å². The van der Waals surface area contributed by atoms with E-state index < -0.39 is 17.8 Å². The third-order valence-corrected chi connectivity index (χ3v) is 2.79. The number of ether oxygens (including phenoxy) is 2. The standard InChI is InChI=1S/C17H13FO4/c1-21-17(20)13-9-6-12(7-10-13)8-11-16(19)22-15-5-3-2-4-14(15)18/h2-11H,1H3/b11-8+. The van der Waals surface area contributed by atoms with Gasteiger partial charge in [-0.05, 0) is 35.9 Å². The van der Waals surface area contributed by atoms with Crippen LogP contribution < -0.4 is 4.74 Å². The molecule has 2 aromatic carbocycles. The molecule has 112 valence electrons. The molecule has 2 aromatic rings. The topological polar surface area (TPSA) is 52.6 Å². The molecule has 0 atom stereocenters. The molecule has 0 aliphatic carbocycles. The number of methoxy groups -OCH3 is 1. The summed E-state index contributed by atoms with van der Waals surface area (Å²) in [6, 6.07) is 12.1. The van der Waals surface area contributed by atoms with E-state index in [9.17, 15) is 14.0 Å². The highest BCUT2D eigenvalue weighted by atomic mass is 19.1. The Balaban J connectivity index is 2.01. The maximum absolute atomic E-state index is 13.3. The summed E-state index contributed by atoms with van der Waals surface area (Å²) in [5.41, 5.74) is 1.10. The van der Waals surface area contributed by atoms with Gasteiger partial charge in [0.15, 0.2) is 11.6 Å². The molecule has 22 heavy (non-hydrogen) atoms. The Morgan fingerprint density at radius 1 is 1.05 bits per heavy atom. The minimum Gasteiger partial charge on any atom is -0.465 e. The zero-order chi connectivity index (χ0) is 15.9. The molecule has 0 unspecified atom stereocenters. The predicted molar refractivity (Wildman–Crippen MR) is 78.9 cm³/mol. The van der Waals surface area contributed by atoms with Crippen LogP contribution in [0.15, 0.2) is 54.6 Å². The fourth-order valence-corrected chi connectivity index (χ4v) is 1.68. The smallest absolute Gasteiger partial charge is 0.337 e. The number of carbonyl (C=O) groups is 2. The van der Waals surface area contributed by atoms with Crippen LogP contribution in [0.3, 0.4) is 0 Å². The molecule has 0 radical (unpaired) electrons. The highest BCUT2D eigenvalue weighted by Crippen LogP contribution is 2.16. The third-order valence-electron chi connectivity index (χ3n) is 2.79. The van der Waals surface area contributed by atoms with Crippen molar-refractivity contribution in [2.24, 2.45) is 0 Å². The SMILES string of the molecule is COC(=O)c1ccc(/C=C/C(=O)Oc2ccccc2F)cc1. The molecular formula is C17H13FO4. The normalized spacial score (nSPS) is 10.5. The van der Waals surface area contributed by atoms with Crippen LogP contribution in [0.25, 0.3) is 6.08 Å². The number of para-hydroxylation sites is 1. The Kier molecular flexibility index (Phi) is 5.03. The first-order valence-electron chi connectivity index (χ1n) is 6.43. The summed E-state index contributed by atoms with van der Waals surface area (Å²) in [6.07, 6.45) is 2.68. The fourth-order valence-electron chi connectivity index (χ4n) is 1.68. The number of carbonyl (C=O) groups excluding carboxylic acids is 2. The lowest BCUT2D eigenvalue weighted by Gasteiger charge is -2.02. The molecular weight excluding hydrogens is 287 g/mol. The zero-order valence-electron chi connectivity index (χ0n) is 11.8. The molecule has 0 aliphatic heterocycles. The van der Waals surface area contributed by atoms with E-state index >= 15 is 0 Å². The first kappa shape index (κ1) is 15.4. The summed E-state index contributed by atoms with van der Waals surface area (Å²) in [7, 11) is 1.30. The molecule has 5 heteroatoms. The first-order valence-corrected chi connectivity index (χ1v) is 6.43. The van der Waals surface area contributed by atoms with Gasteiger partial charge in [-0.25, -0.2) is 14.0 Å². The van der Waals surface area contributed by atoms with Crippen molar-refractivity contribution in [1.29, 1.82) is 0 Å². The van der Waals surface area contributed by atoms with Crippen LogP contribution in [0.5, 0.6) is 5.75 Å². The molecule has 0 fully saturated rings. The second kappa shape index (κ2) is 7.17. The van der Waals surface area contributed by atoms with Crippen molar-refractivity contribution in [1.82, 2.24) is 0 Å². The molecule has 0 bridgehead atoms. The van der Waals surface area contributed by atoms with Gasteiger partial charge >= 0.3 is 11.9 Å². The van der Waals surface area contributed by atoms with Crippen LogP contribution >= 0.6 is 0 Å². The summed E-state index contributed by atoms with van der Waals surface area (Å²) < 4.78 is 22.8. The summed E-state index contributed by atoms with van der Waals surface area (Å²) in [4.78, 5) is 22.9. The van der Waals surface area contributed by atoms with Crippen LogP contribution in [-0.4, -0.2) is 19.0 Å². The predicted octanol–water partition coefficient (Wildman–Crippen LogP) is 3.23. The number of rotatable bonds is 4. The van der Waals surface area contributed by atoms with E-state index in [2.05, 4.69) is 4.74 Å². The molecule has 4 nitrogen and oxygen atoms in total. The van der Waals surface area contributed by atoms with Gasteiger partial charge in [0.25, 0.3) is 0 Å². The molecule has 0 amide bonds. The molecule has 0 saturated carbocycles. The molecule has 2 rings (SSSR count). The Hall–Kier alpha value is -2.95. The minimum absolute atomic E-state index is 0.127. The van der Waals surface area contributed by atoms with E-state index in [1.807, 2.05) is 0 Å². The summed E-state index contributed by atoms with van der Waals surface area (Å²) in [5, 5.41) is 0. The van der Waals surface area contributed by atoms with Crippen molar-refractivity contribution in [2.75, 3.05) is 7.11 Å². The maximum Gasteiger partial charge on any atom is 0.337 e. The van der Waals surface area contributed by atoms with E-state index in [0.717, 1.165) is 0 Å². The average Bonchev–Trinajstić information content (AvgIpc) is 2.55. The summed E-state index contributed by atoms with van der Waals surface area (Å²) in [6.45, 7) is 0. The fraction of sp³-hybridized carbons (Fsp3) is 0.0588. The van der Waals surface area contributed by atoms with E-state index in [4.69, 9.17) is 4.74 Å². The summed E-state index contributed by atoms with van der Waals surface area (Å²) >= 11 is 0. The van der Waals surface area contributed by atoms with Crippen LogP contribution in [0.1, 0.15) is 15.9 Å². The summed E-state index contributed by atoms with van der Waals surface area (Å²) in [5.74, 6) is -1.86. The molecule has 0 heterocycles. The van der Waals surface area contributed by atoms with E-state index in [1.54, 1.807) is 30.3 Å². The van der Waals surface area contributed by atoms with Crippen molar-refractivity contribution in [3.05, 3.63) is 71.6 Å². The van der Waals surface area contributed by atoms with Gasteiger partial charge in [-0.2, -0.15) is 0 Å². The second-order valence-electron chi connectivity index (χ2n) is 4.30. The number of halogens is 1. The first-order chi connectivity index (χ1) is 10.6. The van der Waals surface area contributed by atoms with Crippen molar-refractivity contribution < 1.29 is 23.5 Å². The van der Waals surface area contributed by atoms with Crippen molar-refractivity contribution in [2.45, 2.75) is 0 Å². The molecule has 0 spiro atoms. The zero-order valence-corrected chi connectivity index (χ0v) is 11.8. The number of esters is 2. The highest BCUT2D eigenvalue weighted by Gasteiger charge is 2.06. The second-order valence-corrected chi connectivity index (χ2v) is 4.30. The molecule has 0 N–H and O–H groups in total. The Morgan fingerprint density at radius 3 is 2.36 bits per heavy atom. The third kappa shape index (κ3) is 4.02. The average molecular weight is 300 g/mol. The maximum atomic E-state index is 13.3. The lowest BCUT2D eigenvalue weighted by atomic mass is 10.1.